The molecule has 1 aliphatic rings. The molecule has 0 bridgehead atoms. The van der Waals surface area contributed by atoms with Crippen LogP contribution < -0.4 is 0 Å². The van der Waals surface area contributed by atoms with E-state index in [1.165, 1.54) is 35.1 Å². The van der Waals surface area contributed by atoms with Crippen molar-refractivity contribution >= 4 is 15.9 Å². The molecule has 0 aromatic heterocycles. The Hall–Kier alpha value is -0.300. The van der Waals surface area contributed by atoms with Crippen LogP contribution in [0.2, 0.25) is 0 Å². The zero-order valence-electron chi connectivity index (χ0n) is 11.6. The van der Waals surface area contributed by atoms with Gasteiger partial charge in [0, 0.05) is 4.83 Å². The maximum atomic E-state index is 3.96. The number of benzene rings is 1. The highest BCUT2D eigenvalue weighted by Crippen LogP contribution is 2.48. The molecule has 1 heteroatoms. The number of hydrogen-bond donors (Lipinski definition) is 0. The molecule has 0 N–H and O–H groups in total. The van der Waals surface area contributed by atoms with Gasteiger partial charge < -0.3 is 0 Å². The van der Waals surface area contributed by atoms with Crippen LogP contribution in [-0.2, 0) is 0 Å². The summed E-state index contributed by atoms with van der Waals surface area (Å²) in [5.41, 5.74) is 7.35. The van der Waals surface area contributed by atoms with E-state index < -0.39 is 0 Å². The van der Waals surface area contributed by atoms with Gasteiger partial charge in [0.1, 0.15) is 0 Å². The molecule has 94 valence electrons. The van der Waals surface area contributed by atoms with E-state index in [0.29, 0.717) is 4.83 Å². The summed E-state index contributed by atoms with van der Waals surface area (Å²) in [5.74, 6) is 1.70. The van der Waals surface area contributed by atoms with Gasteiger partial charge in [0.2, 0.25) is 0 Å². The number of hydrogen-bond acceptors (Lipinski definition) is 0. The molecule has 2 rings (SSSR count). The van der Waals surface area contributed by atoms with Crippen LogP contribution in [-0.4, -0.2) is 0 Å². The van der Waals surface area contributed by atoms with Crippen LogP contribution >= 0.6 is 15.9 Å². The van der Waals surface area contributed by atoms with Crippen molar-refractivity contribution in [3.63, 3.8) is 0 Å². The molecule has 2 atom stereocenters. The zero-order valence-corrected chi connectivity index (χ0v) is 13.2. The molecule has 0 spiro atoms. The molecule has 2 unspecified atom stereocenters. The van der Waals surface area contributed by atoms with Gasteiger partial charge in [-0.1, -0.05) is 28.9 Å². The largest absolute Gasteiger partial charge is 0.0836 e. The van der Waals surface area contributed by atoms with Gasteiger partial charge >= 0.3 is 0 Å². The minimum Gasteiger partial charge on any atom is -0.0836 e. The van der Waals surface area contributed by atoms with Crippen molar-refractivity contribution in [2.75, 3.05) is 0 Å². The second kappa shape index (κ2) is 4.76. The lowest BCUT2D eigenvalue weighted by molar-refractivity contribution is 0.500. The normalized spacial score (nSPS) is 19.2. The fourth-order valence-corrected chi connectivity index (χ4v) is 3.90. The van der Waals surface area contributed by atoms with E-state index in [-0.39, 0.29) is 0 Å². The van der Waals surface area contributed by atoms with Crippen LogP contribution in [0.1, 0.15) is 52.4 Å². The Morgan fingerprint density at radius 2 is 1.53 bits per heavy atom. The van der Waals surface area contributed by atoms with Crippen molar-refractivity contribution in [3.8, 4) is 0 Å². The van der Waals surface area contributed by atoms with Crippen LogP contribution in [0.3, 0.4) is 0 Å². The molecule has 0 radical (unpaired) electrons. The second-order valence-corrected chi connectivity index (χ2v) is 6.76. The summed E-state index contributed by atoms with van der Waals surface area (Å²) in [4.78, 5) is 0.522. The van der Waals surface area contributed by atoms with Crippen LogP contribution in [0, 0.1) is 39.5 Å². The first-order valence-electron chi connectivity index (χ1n) is 6.64. The number of alkyl halides is 1. The summed E-state index contributed by atoms with van der Waals surface area (Å²) in [6.45, 7) is 11.4. The summed E-state index contributed by atoms with van der Waals surface area (Å²) < 4.78 is 0. The Labute approximate surface area is 114 Å². The number of rotatable bonds is 3. The van der Waals surface area contributed by atoms with E-state index >= 15 is 0 Å². The van der Waals surface area contributed by atoms with Crippen molar-refractivity contribution in [2.24, 2.45) is 11.8 Å². The van der Waals surface area contributed by atoms with Crippen molar-refractivity contribution in [1.29, 1.82) is 0 Å². The highest BCUT2D eigenvalue weighted by atomic mass is 79.9. The third kappa shape index (κ3) is 2.45. The van der Waals surface area contributed by atoms with Gasteiger partial charge in [-0.05, 0) is 80.2 Å². The third-order valence-electron chi connectivity index (χ3n) is 4.53. The first-order chi connectivity index (χ1) is 7.93. The molecule has 0 nitrogen and oxygen atoms in total. The van der Waals surface area contributed by atoms with Crippen molar-refractivity contribution in [3.05, 3.63) is 33.9 Å². The van der Waals surface area contributed by atoms with Crippen molar-refractivity contribution in [1.82, 2.24) is 0 Å². The molecule has 1 fully saturated rings. The number of halogens is 1. The van der Waals surface area contributed by atoms with Gasteiger partial charge in [0.05, 0.1) is 0 Å². The van der Waals surface area contributed by atoms with Gasteiger partial charge in [0.25, 0.3) is 0 Å². The molecule has 0 heterocycles. The smallest absolute Gasteiger partial charge is 0.0428 e. The highest BCUT2D eigenvalue weighted by molar-refractivity contribution is 9.09. The highest BCUT2D eigenvalue weighted by Gasteiger charge is 2.34. The topological polar surface area (TPSA) is 0 Å². The van der Waals surface area contributed by atoms with E-state index in [9.17, 15) is 0 Å². The standard InChI is InChI=1S/C16H23Br/c1-9-8-10(2)12(4)15(11(9)3)16(17)13(5)14-6-7-14/h8,13-14,16H,6-7H2,1-5H3. The molecular weight excluding hydrogens is 272 g/mol. The molecule has 0 aliphatic heterocycles. The van der Waals surface area contributed by atoms with Crippen LogP contribution in [0.4, 0.5) is 0 Å². The molecule has 0 amide bonds. The van der Waals surface area contributed by atoms with Crippen molar-refractivity contribution < 1.29 is 0 Å². The summed E-state index contributed by atoms with van der Waals surface area (Å²) in [6, 6.07) is 2.32. The Balaban J connectivity index is 2.42. The van der Waals surface area contributed by atoms with E-state index in [4.69, 9.17) is 0 Å². The zero-order chi connectivity index (χ0) is 12.7. The van der Waals surface area contributed by atoms with Gasteiger partial charge in [-0.25, -0.2) is 0 Å². The summed E-state index contributed by atoms with van der Waals surface area (Å²) in [6.07, 6.45) is 2.85. The fraction of sp³-hybridized carbons (Fsp3) is 0.625. The first kappa shape index (κ1) is 13.1. The number of aryl methyl sites for hydroxylation is 2. The molecular formula is C16H23Br. The second-order valence-electron chi connectivity index (χ2n) is 5.77. The predicted octanol–water partition coefficient (Wildman–Crippen LogP) is 5.40. The van der Waals surface area contributed by atoms with Gasteiger partial charge in [0.15, 0.2) is 0 Å². The van der Waals surface area contributed by atoms with Gasteiger partial charge in [-0.3, -0.25) is 0 Å². The summed E-state index contributed by atoms with van der Waals surface area (Å²) >= 11 is 3.96. The lowest BCUT2D eigenvalue weighted by Crippen LogP contribution is -2.10. The molecule has 0 saturated heterocycles. The van der Waals surface area contributed by atoms with Crippen LogP contribution in [0.25, 0.3) is 0 Å². The quantitative estimate of drug-likeness (QED) is 0.655. The first-order valence-corrected chi connectivity index (χ1v) is 7.56. The van der Waals surface area contributed by atoms with E-state index in [1.807, 2.05) is 0 Å². The van der Waals surface area contributed by atoms with Crippen LogP contribution in [0.15, 0.2) is 6.07 Å². The Bertz CT molecular complexity index is 403. The third-order valence-corrected chi connectivity index (χ3v) is 5.82. The lowest BCUT2D eigenvalue weighted by atomic mass is 9.87. The van der Waals surface area contributed by atoms with E-state index in [2.05, 4.69) is 56.6 Å². The SMILES string of the molecule is Cc1cc(C)c(C)c(C(Br)C(C)C2CC2)c1C. The average Bonchev–Trinajstić information content (AvgIpc) is 3.09. The maximum absolute atomic E-state index is 3.96. The van der Waals surface area contributed by atoms with Crippen molar-refractivity contribution in [2.45, 2.75) is 52.3 Å². The van der Waals surface area contributed by atoms with E-state index in [1.54, 1.807) is 5.56 Å². The Morgan fingerprint density at radius 1 is 1.06 bits per heavy atom. The van der Waals surface area contributed by atoms with Gasteiger partial charge in [-0.15, -0.1) is 0 Å². The average molecular weight is 295 g/mol. The Morgan fingerprint density at radius 3 is 1.94 bits per heavy atom. The summed E-state index contributed by atoms with van der Waals surface area (Å²) in [5, 5.41) is 0. The molecule has 1 aromatic carbocycles. The van der Waals surface area contributed by atoms with E-state index in [0.717, 1.165) is 11.8 Å². The molecule has 1 saturated carbocycles. The minimum atomic E-state index is 0.522. The molecule has 1 aliphatic carbocycles. The molecule has 17 heavy (non-hydrogen) atoms. The predicted molar refractivity (Wildman–Crippen MR) is 78.9 cm³/mol. The van der Waals surface area contributed by atoms with Gasteiger partial charge in [-0.2, -0.15) is 0 Å². The summed E-state index contributed by atoms with van der Waals surface area (Å²) in [7, 11) is 0. The van der Waals surface area contributed by atoms with Crippen LogP contribution in [0.5, 0.6) is 0 Å². The molecule has 1 aromatic rings. The maximum Gasteiger partial charge on any atom is 0.0428 e. The monoisotopic (exact) mass is 294 g/mol. The minimum absolute atomic E-state index is 0.522. The fourth-order valence-electron chi connectivity index (χ4n) is 2.78. The lowest BCUT2D eigenvalue weighted by Gasteiger charge is -2.24. The Kier molecular flexibility index (Phi) is 3.68.